The third kappa shape index (κ3) is 1.95. The molecule has 0 saturated carbocycles. The summed E-state index contributed by atoms with van der Waals surface area (Å²) < 4.78 is 1.02. The van der Waals surface area contributed by atoms with E-state index in [4.69, 9.17) is 0 Å². The third-order valence-electron chi connectivity index (χ3n) is 1.94. The van der Waals surface area contributed by atoms with E-state index in [0.29, 0.717) is 0 Å². The summed E-state index contributed by atoms with van der Waals surface area (Å²) in [7, 11) is 0. The Bertz CT molecular complexity index is 294. The highest BCUT2D eigenvalue weighted by atomic mass is 79.9. The molecule has 1 unspecified atom stereocenters. The Balaban J connectivity index is 3.12. The second kappa shape index (κ2) is 3.85. The van der Waals surface area contributed by atoms with Gasteiger partial charge in [0.2, 0.25) is 0 Å². The summed E-state index contributed by atoms with van der Waals surface area (Å²) >= 11 is 3.38. The highest BCUT2D eigenvalue weighted by Crippen LogP contribution is 2.21. The van der Waals surface area contributed by atoms with E-state index < -0.39 is 0 Å². The van der Waals surface area contributed by atoms with E-state index in [9.17, 15) is 4.79 Å². The molecular weight excluding hydrogens is 216 g/mol. The lowest BCUT2D eigenvalue weighted by molar-refractivity contribution is -0.108. The average molecular weight is 227 g/mol. The van der Waals surface area contributed by atoms with Crippen molar-refractivity contribution in [3.63, 3.8) is 0 Å². The van der Waals surface area contributed by atoms with Crippen molar-refractivity contribution in [2.24, 2.45) is 0 Å². The molecule has 0 radical (unpaired) electrons. The van der Waals surface area contributed by atoms with E-state index in [0.717, 1.165) is 21.9 Å². The summed E-state index contributed by atoms with van der Waals surface area (Å²) in [4.78, 5) is 10.6. The Morgan fingerprint density at radius 2 is 2.17 bits per heavy atom. The highest BCUT2D eigenvalue weighted by Gasteiger charge is 2.06. The molecule has 64 valence electrons. The van der Waals surface area contributed by atoms with Crippen molar-refractivity contribution >= 4 is 22.2 Å². The molecule has 1 aromatic carbocycles. The monoisotopic (exact) mass is 226 g/mol. The van der Waals surface area contributed by atoms with E-state index in [1.165, 1.54) is 0 Å². The molecule has 0 spiro atoms. The van der Waals surface area contributed by atoms with Crippen molar-refractivity contribution < 1.29 is 4.79 Å². The van der Waals surface area contributed by atoms with E-state index >= 15 is 0 Å². The van der Waals surface area contributed by atoms with Crippen LogP contribution in [0.1, 0.15) is 24.0 Å². The summed E-state index contributed by atoms with van der Waals surface area (Å²) in [5, 5.41) is 0. The fraction of sp³-hybridized carbons (Fsp3) is 0.300. The second-order valence-corrected chi connectivity index (χ2v) is 3.84. The van der Waals surface area contributed by atoms with Gasteiger partial charge in [0, 0.05) is 10.4 Å². The third-order valence-corrected chi connectivity index (χ3v) is 2.43. The van der Waals surface area contributed by atoms with Gasteiger partial charge in [-0.3, -0.25) is 0 Å². The van der Waals surface area contributed by atoms with Crippen molar-refractivity contribution in [2.45, 2.75) is 19.8 Å². The number of aldehydes is 1. The minimum atomic E-state index is -0.0116. The summed E-state index contributed by atoms with van der Waals surface area (Å²) in [6.07, 6.45) is 0.967. The lowest BCUT2D eigenvalue weighted by Crippen LogP contribution is -1.97. The van der Waals surface area contributed by atoms with Gasteiger partial charge >= 0.3 is 0 Å². The first-order valence-corrected chi connectivity index (χ1v) is 4.66. The molecule has 0 fully saturated rings. The van der Waals surface area contributed by atoms with Crippen LogP contribution in [0.15, 0.2) is 22.7 Å². The van der Waals surface area contributed by atoms with Crippen molar-refractivity contribution in [3.05, 3.63) is 33.8 Å². The maximum Gasteiger partial charge on any atom is 0.127 e. The molecule has 0 bridgehead atoms. The predicted octanol–water partition coefficient (Wildman–Crippen LogP) is 3.06. The standard InChI is InChI=1S/C10H11BrO/c1-7-3-4-9(11)5-10(7)8(2)6-12/h3-6,8H,1-2H3. The molecule has 1 aromatic rings. The van der Waals surface area contributed by atoms with E-state index in [-0.39, 0.29) is 5.92 Å². The van der Waals surface area contributed by atoms with E-state index in [1.807, 2.05) is 32.0 Å². The van der Waals surface area contributed by atoms with Gasteiger partial charge in [-0.2, -0.15) is 0 Å². The summed E-state index contributed by atoms with van der Waals surface area (Å²) in [6, 6.07) is 5.99. The Kier molecular flexibility index (Phi) is 3.04. The molecule has 0 aliphatic rings. The minimum Gasteiger partial charge on any atom is -0.303 e. The van der Waals surface area contributed by atoms with Crippen molar-refractivity contribution in [2.75, 3.05) is 0 Å². The maximum atomic E-state index is 10.6. The van der Waals surface area contributed by atoms with Crippen LogP contribution in [-0.4, -0.2) is 6.29 Å². The first kappa shape index (κ1) is 9.46. The van der Waals surface area contributed by atoms with Gasteiger partial charge < -0.3 is 4.79 Å². The number of halogens is 1. The number of carbonyl (C=O) groups excluding carboxylic acids is 1. The SMILES string of the molecule is Cc1ccc(Br)cc1C(C)C=O. The van der Waals surface area contributed by atoms with Gasteiger partial charge in [0.05, 0.1) is 0 Å². The molecular formula is C10H11BrO. The van der Waals surface area contributed by atoms with Crippen LogP contribution < -0.4 is 0 Å². The largest absolute Gasteiger partial charge is 0.303 e. The van der Waals surface area contributed by atoms with E-state index in [2.05, 4.69) is 15.9 Å². The summed E-state index contributed by atoms with van der Waals surface area (Å²) in [5.74, 6) is -0.0116. The van der Waals surface area contributed by atoms with Crippen molar-refractivity contribution in [1.82, 2.24) is 0 Å². The predicted molar refractivity (Wildman–Crippen MR) is 53.4 cm³/mol. The summed E-state index contributed by atoms with van der Waals surface area (Å²) in [5.41, 5.74) is 2.26. The molecule has 0 heterocycles. The molecule has 0 aromatic heterocycles. The first-order valence-electron chi connectivity index (χ1n) is 3.86. The molecule has 0 aliphatic heterocycles. The van der Waals surface area contributed by atoms with Gasteiger partial charge in [-0.1, -0.05) is 28.9 Å². The number of aryl methyl sites for hydroxylation is 1. The molecule has 0 amide bonds. The number of rotatable bonds is 2. The second-order valence-electron chi connectivity index (χ2n) is 2.93. The zero-order chi connectivity index (χ0) is 9.14. The van der Waals surface area contributed by atoms with Crippen molar-refractivity contribution in [1.29, 1.82) is 0 Å². The molecule has 2 heteroatoms. The summed E-state index contributed by atoms with van der Waals surface area (Å²) in [6.45, 7) is 3.92. The normalized spacial score (nSPS) is 12.6. The van der Waals surface area contributed by atoms with Crippen LogP contribution in [0.2, 0.25) is 0 Å². The number of hydrogen-bond donors (Lipinski definition) is 0. The smallest absolute Gasteiger partial charge is 0.127 e. The van der Waals surface area contributed by atoms with Crippen LogP contribution in [0, 0.1) is 6.92 Å². The van der Waals surface area contributed by atoms with E-state index in [1.54, 1.807) is 0 Å². The maximum absolute atomic E-state index is 10.6. The number of carbonyl (C=O) groups is 1. The van der Waals surface area contributed by atoms with Gasteiger partial charge in [-0.25, -0.2) is 0 Å². The molecule has 12 heavy (non-hydrogen) atoms. The average Bonchev–Trinajstić information content (AvgIpc) is 2.08. The molecule has 1 rings (SSSR count). The zero-order valence-corrected chi connectivity index (χ0v) is 8.76. The topological polar surface area (TPSA) is 17.1 Å². The zero-order valence-electron chi connectivity index (χ0n) is 7.17. The van der Waals surface area contributed by atoms with Gasteiger partial charge in [0.1, 0.15) is 6.29 Å². The Hall–Kier alpha value is -0.630. The molecule has 0 N–H and O–H groups in total. The highest BCUT2D eigenvalue weighted by molar-refractivity contribution is 9.10. The van der Waals surface area contributed by atoms with Gasteiger partial charge in [0.15, 0.2) is 0 Å². The van der Waals surface area contributed by atoms with Crippen LogP contribution in [0.5, 0.6) is 0 Å². The van der Waals surface area contributed by atoms with Gasteiger partial charge in [0.25, 0.3) is 0 Å². The number of benzene rings is 1. The van der Waals surface area contributed by atoms with Crippen LogP contribution in [0.3, 0.4) is 0 Å². The Morgan fingerprint density at radius 1 is 1.50 bits per heavy atom. The Labute approximate surface area is 80.9 Å². The lowest BCUT2D eigenvalue weighted by atomic mass is 9.98. The van der Waals surface area contributed by atoms with Crippen molar-refractivity contribution in [3.8, 4) is 0 Å². The molecule has 1 atom stereocenters. The van der Waals surface area contributed by atoms with Gasteiger partial charge in [-0.15, -0.1) is 0 Å². The van der Waals surface area contributed by atoms with Crippen LogP contribution in [-0.2, 0) is 4.79 Å². The quantitative estimate of drug-likeness (QED) is 0.709. The molecule has 1 nitrogen and oxygen atoms in total. The Morgan fingerprint density at radius 3 is 2.75 bits per heavy atom. The van der Waals surface area contributed by atoms with Gasteiger partial charge in [-0.05, 0) is 30.2 Å². The lowest BCUT2D eigenvalue weighted by Gasteiger charge is -2.08. The van der Waals surface area contributed by atoms with Crippen LogP contribution >= 0.6 is 15.9 Å². The molecule has 0 saturated heterocycles. The number of hydrogen-bond acceptors (Lipinski definition) is 1. The minimum absolute atomic E-state index is 0.0116. The fourth-order valence-corrected chi connectivity index (χ4v) is 1.55. The molecule has 0 aliphatic carbocycles. The fourth-order valence-electron chi connectivity index (χ4n) is 1.18. The van der Waals surface area contributed by atoms with Crippen LogP contribution in [0.25, 0.3) is 0 Å². The van der Waals surface area contributed by atoms with Crippen LogP contribution in [0.4, 0.5) is 0 Å². The first-order chi connectivity index (χ1) is 5.65.